The average Bonchev–Trinajstić information content (AvgIpc) is 3.20. The van der Waals surface area contributed by atoms with Gasteiger partial charge in [0.15, 0.2) is 0 Å². The third-order valence-electron chi connectivity index (χ3n) is 8.27. The van der Waals surface area contributed by atoms with Gasteiger partial charge in [-0.1, -0.05) is 84.0 Å². The first-order valence-electron chi connectivity index (χ1n) is 14.0. The summed E-state index contributed by atoms with van der Waals surface area (Å²) in [7, 11) is 1.66. The van der Waals surface area contributed by atoms with Crippen molar-refractivity contribution in [2.75, 3.05) is 7.11 Å². The van der Waals surface area contributed by atoms with Gasteiger partial charge >= 0.3 is 12.1 Å². The van der Waals surface area contributed by atoms with E-state index in [9.17, 15) is 14.7 Å². The number of carbonyl (C=O) groups is 2. The zero-order valence-electron chi connectivity index (χ0n) is 24.4. The highest BCUT2D eigenvalue weighted by Crippen LogP contribution is 2.48. The standard InChI is InChI=1S/C32H44N2O5/c1-31(2,3)22-16-17-24(38-7)21(18-22)19-33-26-25(32(4,5)6)28(29(35)36)34(30(37)39-23-14-11-15-23)27(26)20-12-9-8-10-13-20/h8-10,12-13,16-18,23,25-28,33H,11,14-15,19H2,1-7H3,(H,35,36)/t25-,26-,27-,28-/m1/s1. The van der Waals surface area contributed by atoms with E-state index >= 15 is 0 Å². The number of amides is 1. The number of benzene rings is 2. The van der Waals surface area contributed by atoms with Gasteiger partial charge in [0.2, 0.25) is 0 Å². The summed E-state index contributed by atoms with van der Waals surface area (Å²) in [6.07, 6.45) is 1.97. The van der Waals surface area contributed by atoms with Crippen LogP contribution in [0.15, 0.2) is 48.5 Å². The van der Waals surface area contributed by atoms with Gasteiger partial charge in [-0.15, -0.1) is 0 Å². The molecule has 2 N–H and O–H groups in total. The minimum atomic E-state index is -1.04. The number of ether oxygens (including phenoxy) is 2. The second-order valence-corrected chi connectivity index (χ2v) is 13.1. The van der Waals surface area contributed by atoms with Crippen LogP contribution in [0.4, 0.5) is 4.79 Å². The molecule has 0 spiro atoms. The van der Waals surface area contributed by atoms with Crippen LogP contribution in [0, 0.1) is 11.3 Å². The Balaban J connectivity index is 1.78. The van der Waals surface area contributed by atoms with Crippen molar-refractivity contribution in [1.29, 1.82) is 0 Å². The number of likely N-dealkylation sites (tertiary alicyclic amines) is 1. The zero-order valence-corrected chi connectivity index (χ0v) is 24.4. The van der Waals surface area contributed by atoms with Crippen molar-refractivity contribution in [3.63, 3.8) is 0 Å². The Hall–Kier alpha value is -3.06. The molecule has 0 bridgehead atoms. The van der Waals surface area contributed by atoms with Crippen molar-refractivity contribution in [1.82, 2.24) is 10.2 Å². The SMILES string of the molecule is COc1ccc(C(C)(C)C)cc1CN[C@@H]1[C@@H](C(C)(C)C)[C@H](C(=O)O)N(C(=O)OC2CCC2)[C@@H]1c1ccccc1. The highest BCUT2D eigenvalue weighted by atomic mass is 16.6. The lowest BCUT2D eigenvalue weighted by atomic mass is 9.72. The molecular weight excluding hydrogens is 492 g/mol. The first-order valence-corrected chi connectivity index (χ1v) is 14.0. The first-order chi connectivity index (χ1) is 18.3. The maximum atomic E-state index is 13.7. The van der Waals surface area contributed by atoms with Crippen LogP contribution in [0.25, 0.3) is 0 Å². The Morgan fingerprint density at radius 3 is 2.21 bits per heavy atom. The van der Waals surface area contributed by atoms with E-state index < -0.39 is 29.6 Å². The van der Waals surface area contributed by atoms with E-state index in [1.54, 1.807) is 7.11 Å². The second kappa shape index (κ2) is 11.2. The number of hydrogen-bond donors (Lipinski definition) is 2. The first kappa shape index (κ1) is 28.9. The Bertz CT molecular complexity index is 1160. The van der Waals surface area contributed by atoms with Crippen molar-refractivity contribution in [3.8, 4) is 5.75 Å². The molecule has 1 aliphatic carbocycles. The molecule has 7 heteroatoms. The zero-order chi connectivity index (χ0) is 28.5. The Morgan fingerprint density at radius 1 is 1.03 bits per heavy atom. The molecule has 39 heavy (non-hydrogen) atoms. The van der Waals surface area contributed by atoms with Crippen molar-refractivity contribution in [2.24, 2.45) is 11.3 Å². The molecule has 1 saturated heterocycles. The summed E-state index contributed by atoms with van der Waals surface area (Å²) >= 11 is 0. The van der Waals surface area contributed by atoms with E-state index in [4.69, 9.17) is 9.47 Å². The fourth-order valence-corrected chi connectivity index (χ4v) is 5.98. The number of hydrogen-bond acceptors (Lipinski definition) is 5. The molecule has 2 aromatic carbocycles. The van der Waals surface area contributed by atoms with Crippen molar-refractivity contribution in [2.45, 2.75) is 97.0 Å². The van der Waals surface area contributed by atoms with Crippen LogP contribution in [-0.2, 0) is 21.5 Å². The molecule has 1 heterocycles. The molecule has 4 atom stereocenters. The van der Waals surface area contributed by atoms with E-state index in [-0.39, 0.29) is 23.5 Å². The van der Waals surface area contributed by atoms with Gasteiger partial charge < -0.3 is 19.9 Å². The minimum absolute atomic E-state index is 0.0363. The van der Waals surface area contributed by atoms with Crippen LogP contribution in [0.5, 0.6) is 5.75 Å². The maximum Gasteiger partial charge on any atom is 0.411 e. The van der Waals surface area contributed by atoms with Crippen LogP contribution in [0.3, 0.4) is 0 Å². The fourth-order valence-electron chi connectivity index (χ4n) is 5.98. The molecule has 2 aliphatic rings. The summed E-state index contributed by atoms with van der Waals surface area (Å²) in [5, 5.41) is 14.3. The van der Waals surface area contributed by atoms with E-state index in [2.05, 4.69) is 38.2 Å². The fraction of sp³-hybridized carbons (Fsp3) is 0.562. The third kappa shape index (κ3) is 6.08. The molecule has 0 radical (unpaired) electrons. The van der Waals surface area contributed by atoms with Gasteiger partial charge in [0.1, 0.15) is 17.9 Å². The highest BCUT2D eigenvalue weighted by molar-refractivity contribution is 5.82. The molecule has 1 saturated carbocycles. The number of carboxylic acids is 1. The quantitative estimate of drug-likeness (QED) is 0.431. The molecule has 1 aliphatic heterocycles. The second-order valence-electron chi connectivity index (χ2n) is 13.1. The minimum Gasteiger partial charge on any atom is -0.496 e. The van der Waals surface area contributed by atoms with Gasteiger partial charge in [-0.2, -0.15) is 0 Å². The van der Waals surface area contributed by atoms with Crippen molar-refractivity contribution in [3.05, 3.63) is 65.2 Å². The van der Waals surface area contributed by atoms with E-state index in [0.29, 0.717) is 6.54 Å². The van der Waals surface area contributed by atoms with Gasteiger partial charge in [0.25, 0.3) is 0 Å². The lowest BCUT2D eigenvalue weighted by Gasteiger charge is -2.35. The number of carboxylic acid groups (broad SMARTS) is 1. The third-order valence-corrected chi connectivity index (χ3v) is 8.27. The summed E-state index contributed by atoms with van der Waals surface area (Å²) in [4.78, 5) is 28.1. The predicted octanol–water partition coefficient (Wildman–Crippen LogP) is 6.31. The number of carbonyl (C=O) groups excluding carboxylic acids is 1. The number of nitrogens with one attached hydrogen (secondary N) is 1. The molecule has 1 amide bonds. The number of nitrogens with zero attached hydrogens (tertiary/aromatic N) is 1. The predicted molar refractivity (Wildman–Crippen MR) is 152 cm³/mol. The molecule has 212 valence electrons. The highest BCUT2D eigenvalue weighted by Gasteiger charge is 2.58. The van der Waals surface area contributed by atoms with E-state index in [1.807, 2.05) is 57.2 Å². The lowest BCUT2D eigenvalue weighted by Crippen LogP contribution is -2.48. The number of aliphatic carboxylic acids is 1. The monoisotopic (exact) mass is 536 g/mol. The van der Waals surface area contributed by atoms with Crippen LogP contribution in [0.1, 0.15) is 83.5 Å². The Morgan fingerprint density at radius 2 is 1.69 bits per heavy atom. The lowest BCUT2D eigenvalue weighted by molar-refractivity contribution is -0.145. The molecular formula is C32H44N2O5. The summed E-state index contributed by atoms with van der Waals surface area (Å²) < 4.78 is 11.5. The van der Waals surface area contributed by atoms with Gasteiger partial charge in [-0.05, 0) is 47.3 Å². The largest absolute Gasteiger partial charge is 0.496 e. The van der Waals surface area contributed by atoms with Crippen LogP contribution in [0.2, 0.25) is 0 Å². The summed E-state index contributed by atoms with van der Waals surface area (Å²) in [6, 6.07) is 14.1. The molecule has 4 rings (SSSR count). The van der Waals surface area contributed by atoms with Gasteiger partial charge in [0.05, 0.1) is 13.2 Å². The van der Waals surface area contributed by atoms with Crippen molar-refractivity contribution < 1.29 is 24.2 Å². The molecule has 7 nitrogen and oxygen atoms in total. The smallest absolute Gasteiger partial charge is 0.411 e. The summed E-state index contributed by atoms with van der Waals surface area (Å²) in [6.45, 7) is 13.1. The van der Waals surface area contributed by atoms with Crippen LogP contribution < -0.4 is 10.1 Å². The average molecular weight is 537 g/mol. The van der Waals surface area contributed by atoms with Crippen LogP contribution in [-0.4, -0.2) is 47.4 Å². The molecule has 0 unspecified atom stereocenters. The summed E-state index contributed by atoms with van der Waals surface area (Å²) in [5.41, 5.74) is 2.61. The number of methoxy groups -OCH3 is 1. The number of rotatable bonds is 7. The van der Waals surface area contributed by atoms with Gasteiger partial charge in [-0.25, -0.2) is 9.59 Å². The molecule has 2 aromatic rings. The maximum absolute atomic E-state index is 13.7. The summed E-state index contributed by atoms with van der Waals surface area (Å²) in [5.74, 6) is -0.628. The molecule has 0 aromatic heterocycles. The van der Waals surface area contributed by atoms with E-state index in [0.717, 1.165) is 36.1 Å². The van der Waals surface area contributed by atoms with Crippen LogP contribution >= 0.6 is 0 Å². The van der Waals surface area contributed by atoms with Gasteiger partial charge in [-0.3, -0.25) is 4.90 Å². The van der Waals surface area contributed by atoms with Gasteiger partial charge in [0, 0.05) is 24.1 Å². The topological polar surface area (TPSA) is 88.1 Å². The van der Waals surface area contributed by atoms with Crippen molar-refractivity contribution >= 4 is 12.1 Å². The molecule has 2 fully saturated rings. The Kier molecular flexibility index (Phi) is 8.31. The van der Waals surface area contributed by atoms with E-state index in [1.165, 1.54) is 10.5 Å². The normalized spacial score (nSPS) is 23.8. The Labute approximate surface area is 232 Å².